The molecule has 31 heavy (non-hydrogen) atoms. The fourth-order valence-corrected chi connectivity index (χ4v) is 3.47. The summed E-state index contributed by atoms with van der Waals surface area (Å²) in [7, 11) is 0. The summed E-state index contributed by atoms with van der Waals surface area (Å²) in [5, 5.41) is 0. The van der Waals surface area contributed by atoms with Gasteiger partial charge in [-0.25, -0.2) is 14.0 Å². The Morgan fingerprint density at radius 2 is 1.06 bits per heavy atom. The third kappa shape index (κ3) is 12.5. The Balaban J connectivity index is 2.38. The van der Waals surface area contributed by atoms with Gasteiger partial charge in [0.2, 0.25) is 0 Å². The van der Waals surface area contributed by atoms with Gasteiger partial charge < -0.3 is 9.47 Å². The minimum atomic E-state index is -0.673. The molecule has 0 bridgehead atoms. The molecule has 0 saturated carbocycles. The zero-order valence-electron chi connectivity index (χ0n) is 19.6. The molecule has 0 atom stereocenters. The van der Waals surface area contributed by atoms with E-state index in [1.165, 1.54) is 57.4 Å². The number of carbonyl (C=O) groups is 2. The van der Waals surface area contributed by atoms with E-state index in [9.17, 15) is 14.0 Å². The van der Waals surface area contributed by atoms with Crippen molar-refractivity contribution in [1.29, 1.82) is 0 Å². The minimum Gasteiger partial charge on any atom is -0.462 e. The van der Waals surface area contributed by atoms with Crippen molar-refractivity contribution in [3.05, 3.63) is 35.1 Å². The number of halogens is 1. The van der Waals surface area contributed by atoms with Gasteiger partial charge in [-0.3, -0.25) is 0 Å². The fraction of sp³-hybridized carbons (Fsp3) is 0.692. The Morgan fingerprint density at radius 3 is 1.55 bits per heavy atom. The number of benzene rings is 1. The average molecular weight is 437 g/mol. The molecule has 0 amide bonds. The van der Waals surface area contributed by atoms with Crippen LogP contribution in [0.2, 0.25) is 0 Å². The van der Waals surface area contributed by atoms with Crippen molar-refractivity contribution in [2.24, 2.45) is 0 Å². The number of hydrogen-bond acceptors (Lipinski definition) is 4. The maximum Gasteiger partial charge on any atom is 0.339 e. The number of hydrogen-bond donors (Lipinski definition) is 0. The predicted octanol–water partition coefficient (Wildman–Crippen LogP) is 7.64. The van der Waals surface area contributed by atoms with E-state index < -0.39 is 17.8 Å². The van der Waals surface area contributed by atoms with Gasteiger partial charge in [-0.2, -0.15) is 0 Å². The van der Waals surface area contributed by atoms with E-state index in [4.69, 9.17) is 9.47 Å². The van der Waals surface area contributed by atoms with Crippen LogP contribution in [0.3, 0.4) is 0 Å². The fourth-order valence-electron chi connectivity index (χ4n) is 3.47. The largest absolute Gasteiger partial charge is 0.462 e. The zero-order valence-corrected chi connectivity index (χ0v) is 19.6. The first-order valence-electron chi connectivity index (χ1n) is 12.2. The molecular weight excluding hydrogens is 395 g/mol. The zero-order chi connectivity index (χ0) is 22.7. The van der Waals surface area contributed by atoms with Crippen LogP contribution in [0.15, 0.2) is 18.2 Å². The van der Waals surface area contributed by atoms with Crippen LogP contribution in [-0.4, -0.2) is 25.2 Å². The Kier molecular flexibility index (Phi) is 15.5. The molecule has 4 nitrogen and oxygen atoms in total. The molecule has 0 aromatic heterocycles. The second-order valence-electron chi connectivity index (χ2n) is 8.20. The first kappa shape index (κ1) is 27.1. The average Bonchev–Trinajstić information content (AvgIpc) is 2.77. The van der Waals surface area contributed by atoms with Crippen molar-refractivity contribution in [1.82, 2.24) is 0 Å². The summed E-state index contributed by atoms with van der Waals surface area (Å²) >= 11 is 0. The quantitative estimate of drug-likeness (QED) is 0.175. The summed E-state index contributed by atoms with van der Waals surface area (Å²) in [5.74, 6) is -1.85. The molecule has 1 aromatic carbocycles. The summed E-state index contributed by atoms with van der Waals surface area (Å²) in [5.41, 5.74) is 0.00132. The van der Waals surface area contributed by atoms with Gasteiger partial charge >= 0.3 is 11.9 Å². The van der Waals surface area contributed by atoms with Gasteiger partial charge in [0.15, 0.2) is 0 Å². The Bertz CT molecular complexity index is 630. The standard InChI is InChI=1S/C26H41FO4/c1-3-5-7-9-11-13-15-19-30-25(28)23-18-17-22(27)21-24(23)26(29)31-20-16-14-12-10-8-6-4-2/h17-18,21H,3-16,19-20H2,1-2H3. The third-order valence-electron chi connectivity index (χ3n) is 5.38. The molecule has 1 aromatic rings. The second kappa shape index (κ2) is 17.7. The van der Waals surface area contributed by atoms with Crippen LogP contribution >= 0.6 is 0 Å². The molecule has 0 aliphatic rings. The first-order valence-corrected chi connectivity index (χ1v) is 12.2. The molecule has 176 valence electrons. The maximum absolute atomic E-state index is 13.7. The Labute approximate surface area is 187 Å². The van der Waals surface area contributed by atoms with Crippen molar-refractivity contribution in [3.8, 4) is 0 Å². The van der Waals surface area contributed by atoms with Crippen LogP contribution in [-0.2, 0) is 9.47 Å². The Hall–Kier alpha value is -1.91. The predicted molar refractivity (Wildman–Crippen MR) is 123 cm³/mol. The van der Waals surface area contributed by atoms with E-state index in [0.717, 1.165) is 50.7 Å². The van der Waals surface area contributed by atoms with Gasteiger partial charge in [0, 0.05) is 0 Å². The summed E-state index contributed by atoms with van der Waals surface area (Å²) in [6.45, 7) is 4.95. The third-order valence-corrected chi connectivity index (χ3v) is 5.38. The van der Waals surface area contributed by atoms with Crippen LogP contribution in [0, 0.1) is 5.82 Å². The van der Waals surface area contributed by atoms with E-state index >= 15 is 0 Å². The molecule has 0 heterocycles. The lowest BCUT2D eigenvalue weighted by atomic mass is 10.1. The maximum atomic E-state index is 13.7. The molecule has 0 unspecified atom stereocenters. The van der Waals surface area contributed by atoms with Crippen LogP contribution in [0.25, 0.3) is 0 Å². The highest BCUT2D eigenvalue weighted by Crippen LogP contribution is 2.16. The summed E-state index contributed by atoms with van der Waals surface area (Å²) in [6.07, 6.45) is 15.6. The van der Waals surface area contributed by atoms with Crippen molar-refractivity contribution in [2.75, 3.05) is 13.2 Å². The number of ether oxygens (including phenoxy) is 2. The summed E-state index contributed by atoms with van der Waals surface area (Å²) < 4.78 is 24.3. The number of carbonyl (C=O) groups excluding carboxylic acids is 2. The van der Waals surface area contributed by atoms with Gasteiger partial charge in [-0.15, -0.1) is 0 Å². The lowest BCUT2D eigenvalue weighted by Gasteiger charge is -2.10. The SMILES string of the molecule is CCCCCCCCCOC(=O)c1ccc(F)cc1C(=O)OCCCCCCCCC. The topological polar surface area (TPSA) is 52.6 Å². The lowest BCUT2D eigenvalue weighted by Crippen LogP contribution is -2.15. The van der Waals surface area contributed by atoms with E-state index in [1.807, 2.05) is 0 Å². The summed E-state index contributed by atoms with van der Waals surface area (Å²) in [6, 6.07) is 3.52. The van der Waals surface area contributed by atoms with E-state index in [0.29, 0.717) is 6.61 Å². The molecular formula is C26H41FO4. The van der Waals surface area contributed by atoms with E-state index in [-0.39, 0.29) is 17.7 Å². The highest BCUT2D eigenvalue weighted by atomic mass is 19.1. The van der Waals surface area contributed by atoms with Gasteiger partial charge in [0.05, 0.1) is 24.3 Å². The molecule has 0 aliphatic carbocycles. The van der Waals surface area contributed by atoms with Gasteiger partial charge in [-0.05, 0) is 31.0 Å². The number of esters is 2. The smallest absolute Gasteiger partial charge is 0.339 e. The van der Waals surface area contributed by atoms with Crippen molar-refractivity contribution >= 4 is 11.9 Å². The molecule has 0 aliphatic heterocycles. The highest BCUT2D eigenvalue weighted by molar-refractivity contribution is 6.03. The normalized spacial score (nSPS) is 10.8. The van der Waals surface area contributed by atoms with Crippen LogP contribution in [0.4, 0.5) is 4.39 Å². The van der Waals surface area contributed by atoms with Crippen molar-refractivity contribution in [2.45, 2.75) is 104 Å². The van der Waals surface area contributed by atoms with E-state index in [1.54, 1.807) is 0 Å². The van der Waals surface area contributed by atoms with E-state index in [2.05, 4.69) is 13.8 Å². The van der Waals surface area contributed by atoms with Crippen LogP contribution < -0.4 is 0 Å². The molecule has 1 rings (SSSR count). The van der Waals surface area contributed by atoms with Crippen LogP contribution in [0.5, 0.6) is 0 Å². The van der Waals surface area contributed by atoms with Crippen molar-refractivity contribution in [3.63, 3.8) is 0 Å². The second-order valence-corrected chi connectivity index (χ2v) is 8.20. The Morgan fingerprint density at radius 1 is 0.645 bits per heavy atom. The van der Waals surface area contributed by atoms with Gasteiger partial charge in [0.25, 0.3) is 0 Å². The first-order chi connectivity index (χ1) is 15.1. The molecule has 0 spiro atoms. The molecule has 0 saturated heterocycles. The van der Waals surface area contributed by atoms with Crippen LogP contribution in [0.1, 0.15) is 124 Å². The van der Waals surface area contributed by atoms with Crippen molar-refractivity contribution < 1.29 is 23.5 Å². The molecule has 5 heteroatoms. The monoisotopic (exact) mass is 436 g/mol. The van der Waals surface area contributed by atoms with Gasteiger partial charge in [0.1, 0.15) is 5.82 Å². The highest BCUT2D eigenvalue weighted by Gasteiger charge is 2.20. The molecule has 0 radical (unpaired) electrons. The molecule has 0 N–H and O–H groups in total. The van der Waals surface area contributed by atoms with Gasteiger partial charge in [-0.1, -0.05) is 90.9 Å². The summed E-state index contributed by atoms with van der Waals surface area (Å²) in [4.78, 5) is 24.8. The lowest BCUT2D eigenvalue weighted by molar-refractivity contribution is 0.0450. The minimum absolute atomic E-state index is 0.0625. The molecule has 0 fully saturated rings. The number of unbranched alkanes of at least 4 members (excludes halogenated alkanes) is 12. The number of rotatable bonds is 18.